The Labute approximate surface area is 328 Å². The molecule has 0 bridgehead atoms. The molecule has 1 aromatic heterocycles. The van der Waals surface area contributed by atoms with Crippen molar-refractivity contribution in [3.8, 4) is 11.1 Å². The van der Waals surface area contributed by atoms with Crippen LogP contribution in [0.1, 0.15) is 22.9 Å². The maximum absolute atomic E-state index is 6.70. The van der Waals surface area contributed by atoms with E-state index in [1.165, 1.54) is 43.1 Å². The summed E-state index contributed by atoms with van der Waals surface area (Å²) in [5.41, 5.74) is 6.85. The molecule has 0 spiro atoms. The van der Waals surface area contributed by atoms with Gasteiger partial charge in [0.15, 0.2) is 5.84 Å². The highest BCUT2D eigenvalue weighted by Crippen LogP contribution is 2.41. The molecule has 0 radical (unpaired) electrons. The highest BCUT2D eigenvalue weighted by Gasteiger charge is 2.26. The van der Waals surface area contributed by atoms with Gasteiger partial charge < -0.3 is 9.73 Å². The summed E-state index contributed by atoms with van der Waals surface area (Å²) in [6, 6.07) is 67.0. The van der Waals surface area contributed by atoms with E-state index in [1.54, 1.807) is 0 Å². The number of rotatable bonds is 4. The zero-order valence-electron chi connectivity index (χ0n) is 30.8. The number of benzene rings is 10. The Balaban J connectivity index is 1.16. The molecule has 4 nitrogen and oxygen atoms in total. The number of aliphatic imine (C=N–C) groups is 2. The van der Waals surface area contributed by atoms with E-state index in [-0.39, 0.29) is 0 Å². The van der Waals surface area contributed by atoms with E-state index in [2.05, 4.69) is 181 Å². The van der Waals surface area contributed by atoms with Crippen molar-refractivity contribution in [2.45, 2.75) is 6.17 Å². The van der Waals surface area contributed by atoms with Gasteiger partial charge in [0, 0.05) is 21.9 Å². The van der Waals surface area contributed by atoms with Crippen LogP contribution in [-0.2, 0) is 0 Å². The molecule has 57 heavy (non-hydrogen) atoms. The third kappa shape index (κ3) is 5.08. The molecule has 0 saturated carbocycles. The van der Waals surface area contributed by atoms with Crippen LogP contribution >= 0.6 is 0 Å². The number of hydrogen-bond donors (Lipinski definition) is 1. The standard InChI is InChI=1S/C53H33N3O/c1-2-14-33-27-36(26-25-32(33)13-1)51-54-52(46-29-35-16-4-6-18-39(35)41-20-8-10-22-43(41)46)56-53(55-51)47-30-37(31-49-50(47)44-23-11-12-24-48(44)57-49)45-28-34-15-3-5-17-38(34)40-19-7-9-21-42(40)45/h1-31,51H,(H,54,55,56). The molecule has 10 aromatic carbocycles. The van der Waals surface area contributed by atoms with E-state index in [9.17, 15) is 0 Å². The minimum atomic E-state index is -0.402. The predicted molar refractivity (Wildman–Crippen MR) is 239 cm³/mol. The third-order valence-electron chi connectivity index (χ3n) is 11.7. The number of nitrogens with one attached hydrogen (secondary N) is 1. The molecule has 1 aliphatic heterocycles. The lowest BCUT2D eigenvalue weighted by Crippen LogP contribution is -2.33. The fraction of sp³-hybridized carbons (Fsp3) is 0.0189. The first-order valence-electron chi connectivity index (χ1n) is 19.4. The van der Waals surface area contributed by atoms with Crippen molar-refractivity contribution in [3.63, 3.8) is 0 Å². The first-order chi connectivity index (χ1) is 28.2. The second kappa shape index (κ2) is 12.5. The summed E-state index contributed by atoms with van der Waals surface area (Å²) in [5.74, 6) is 1.44. The van der Waals surface area contributed by atoms with Crippen molar-refractivity contribution in [3.05, 3.63) is 205 Å². The summed E-state index contributed by atoms with van der Waals surface area (Å²) in [4.78, 5) is 11.0. The summed E-state index contributed by atoms with van der Waals surface area (Å²) in [7, 11) is 0. The normalized spacial score (nSPS) is 14.5. The van der Waals surface area contributed by atoms with Gasteiger partial charge in [-0.2, -0.15) is 0 Å². The fourth-order valence-electron chi connectivity index (χ4n) is 8.98. The summed E-state index contributed by atoms with van der Waals surface area (Å²) in [5, 5.41) is 17.8. The van der Waals surface area contributed by atoms with Gasteiger partial charge in [-0.1, -0.05) is 152 Å². The van der Waals surface area contributed by atoms with Crippen molar-refractivity contribution in [1.29, 1.82) is 0 Å². The summed E-state index contributed by atoms with van der Waals surface area (Å²) < 4.78 is 6.70. The van der Waals surface area contributed by atoms with Crippen LogP contribution in [-0.4, -0.2) is 11.7 Å². The van der Waals surface area contributed by atoms with Crippen LogP contribution in [0.4, 0.5) is 0 Å². The van der Waals surface area contributed by atoms with E-state index >= 15 is 0 Å². The smallest absolute Gasteiger partial charge is 0.160 e. The molecule has 1 unspecified atom stereocenters. The van der Waals surface area contributed by atoms with Crippen molar-refractivity contribution in [2.24, 2.45) is 9.98 Å². The Bertz CT molecular complexity index is 3520. The Kier molecular flexibility index (Phi) is 6.96. The van der Waals surface area contributed by atoms with E-state index in [1.807, 2.05) is 12.1 Å². The largest absolute Gasteiger partial charge is 0.456 e. The van der Waals surface area contributed by atoms with E-state index < -0.39 is 6.17 Å². The molecule has 1 aliphatic rings. The van der Waals surface area contributed by atoms with Gasteiger partial charge in [0.05, 0.1) is 0 Å². The molecule has 1 N–H and O–H groups in total. The molecule has 0 fully saturated rings. The molecule has 0 aliphatic carbocycles. The van der Waals surface area contributed by atoms with Gasteiger partial charge in [0.25, 0.3) is 0 Å². The van der Waals surface area contributed by atoms with E-state index in [0.29, 0.717) is 5.84 Å². The molecular formula is C53H33N3O. The zero-order chi connectivity index (χ0) is 37.5. The van der Waals surface area contributed by atoms with Gasteiger partial charge in [-0.25, -0.2) is 9.98 Å². The first-order valence-corrected chi connectivity index (χ1v) is 19.4. The molecule has 266 valence electrons. The van der Waals surface area contributed by atoms with E-state index in [4.69, 9.17) is 14.4 Å². The quantitative estimate of drug-likeness (QED) is 0.184. The van der Waals surface area contributed by atoms with Crippen LogP contribution in [0.3, 0.4) is 0 Å². The average Bonchev–Trinajstić information content (AvgIpc) is 3.66. The first kappa shape index (κ1) is 31.8. The number of amidine groups is 2. The lowest BCUT2D eigenvalue weighted by Gasteiger charge is -2.25. The molecule has 4 heteroatoms. The molecule has 1 atom stereocenters. The Morgan fingerprint density at radius 3 is 1.68 bits per heavy atom. The Morgan fingerprint density at radius 1 is 0.404 bits per heavy atom. The van der Waals surface area contributed by atoms with Gasteiger partial charge >= 0.3 is 0 Å². The SMILES string of the molecule is c1ccc2cc(C3N=C(c4cc(-c5cc6ccccc6c6ccccc56)cc5oc6ccccc6c45)N=C(c4cc5ccccc5c5ccccc45)N3)ccc2c1. The maximum atomic E-state index is 6.70. The van der Waals surface area contributed by atoms with E-state index in [0.717, 1.165) is 66.4 Å². The lowest BCUT2D eigenvalue weighted by molar-refractivity contribution is 0.668. The van der Waals surface area contributed by atoms with Crippen LogP contribution in [0, 0.1) is 0 Å². The number of furan rings is 1. The fourth-order valence-corrected chi connectivity index (χ4v) is 8.98. The molecule has 11 aromatic rings. The zero-order valence-corrected chi connectivity index (χ0v) is 30.8. The molecular weight excluding hydrogens is 695 g/mol. The lowest BCUT2D eigenvalue weighted by atomic mass is 9.91. The van der Waals surface area contributed by atoms with Crippen molar-refractivity contribution < 1.29 is 4.42 Å². The highest BCUT2D eigenvalue weighted by molar-refractivity contribution is 6.26. The monoisotopic (exact) mass is 727 g/mol. The molecule has 12 rings (SSSR count). The Morgan fingerprint density at radius 2 is 0.965 bits per heavy atom. The van der Waals surface area contributed by atoms with Gasteiger partial charge in [0.2, 0.25) is 0 Å². The number of para-hydroxylation sites is 1. The summed E-state index contributed by atoms with van der Waals surface area (Å²) in [6.45, 7) is 0. The number of hydrogen-bond acceptors (Lipinski definition) is 4. The van der Waals surface area contributed by atoms with Crippen molar-refractivity contribution >= 4 is 87.5 Å². The maximum Gasteiger partial charge on any atom is 0.160 e. The second-order valence-electron chi connectivity index (χ2n) is 14.9. The minimum absolute atomic E-state index is 0.402. The predicted octanol–water partition coefficient (Wildman–Crippen LogP) is 13.5. The highest BCUT2D eigenvalue weighted by atomic mass is 16.3. The van der Waals surface area contributed by atoms with Gasteiger partial charge in [-0.15, -0.1) is 0 Å². The topological polar surface area (TPSA) is 49.9 Å². The van der Waals surface area contributed by atoms with Crippen LogP contribution in [0.2, 0.25) is 0 Å². The van der Waals surface area contributed by atoms with Crippen LogP contribution in [0.5, 0.6) is 0 Å². The second-order valence-corrected chi connectivity index (χ2v) is 14.9. The molecule has 0 saturated heterocycles. The molecule has 0 amide bonds. The van der Waals surface area contributed by atoms with Gasteiger partial charge in [0.1, 0.15) is 23.2 Å². The van der Waals surface area contributed by atoms with Crippen LogP contribution in [0.15, 0.2) is 202 Å². The average molecular weight is 728 g/mol. The molecule has 2 heterocycles. The van der Waals surface area contributed by atoms with Gasteiger partial charge in [-0.05, 0) is 107 Å². The van der Waals surface area contributed by atoms with Crippen LogP contribution in [0.25, 0.3) is 86.9 Å². The van der Waals surface area contributed by atoms with Crippen molar-refractivity contribution in [1.82, 2.24) is 5.32 Å². The van der Waals surface area contributed by atoms with Gasteiger partial charge in [-0.3, -0.25) is 0 Å². The summed E-state index contributed by atoms with van der Waals surface area (Å²) in [6.07, 6.45) is -0.402. The number of fused-ring (bicyclic) bond motifs is 10. The summed E-state index contributed by atoms with van der Waals surface area (Å²) >= 11 is 0. The Hall–Kier alpha value is -7.56. The third-order valence-corrected chi connectivity index (χ3v) is 11.7. The minimum Gasteiger partial charge on any atom is -0.456 e. The van der Waals surface area contributed by atoms with Crippen molar-refractivity contribution in [2.75, 3.05) is 0 Å². The number of nitrogens with zero attached hydrogens (tertiary/aromatic N) is 2. The van der Waals surface area contributed by atoms with Crippen LogP contribution < -0.4 is 5.32 Å².